The van der Waals surface area contributed by atoms with E-state index >= 15 is 0 Å². The summed E-state index contributed by atoms with van der Waals surface area (Å²) in [6, 6.07) is 9.58. The molecule has 168 valence electrons. The molecule has 32 heavy (non-hydrogen) atoms. The number of esters is 1. The monoisotopic (exact) mass is 440 g/mol. The standard InChI is InChI=1S/C22H24N4O6/c1-4-11-23-21(28)19-17(12-24-26(19)2)25-20(27)18-10-9-16(32-18)13-31-15-7-5-14(6-8-15)22(29)30-3/h5-10,12H,4,11,13H2,1-3H3,(H,23,28)(H,25,27). The van der Waals surface area contributed by atoms with Crippen molar-refractivity contribution >= 4 is 23.5 Å². The van der Waals surface area contributed by atoms with Gasteiger partial charge in [-0.2, -0.15) is 5.10 Å². The van der Waals surface area contributed by atoms with E-state index in [1.54, 1.807) is 37.4 Å². The molecule has 3 rings (SSSR count). The van der Waals surface area contributed by atoms with Crippen LogP contribution < -0.4 is 15.4 Å². The van der Waals surface area contributed by atoms with Crippen molar-refractivity contribution in [3.05, 3.63) is 65.4 Å². The average Bonchev–Trinajstić information content (AvgIpc) is 3.42. The maximum absolute atomic E-state index is 12.6. The average molecular weight is 440 g/mol. The zero-order chi connectivity index (χ0) is 23.1. The van der Waals surface area contributed by atoms with Crippen LogP contribution in [0.5, 0.6) is 5.75 Å². The van der Waals surface area contributed by atoms with Crippen LogP contribution in [0.2, 0.25) is 0 Å². The summed E-state index contributed by atoms with van der Waals surface area (Å²) in [6.07, 6.45) is 2.20. The predicted molar refractivity (Wildman–Crippen MR) is 115 cm³/mol. The number of rotatable bonds is 9. The van der Waals surface area contributed by atoms with E-state index in [1.807, 2.05) is 6.92 Å². The summed E-state index contributed by atoms with van der Waals surface area (Å²) in [7, 11) is 2.93. The van der Waals surface area contributed by atoms with E-state index in [9.17, 15) is 14.4 Å². The fourth-order valence-electron chi connectivity index (χ4n) is 2.84. The summed E-state index contributed by atoms with van der Waals surface area (Å²) in [5, 5.41) is 9.46. The smallest absolute Gasteiger partial charge is 0.337 e. The zero-order valence-corrected chi connectivity index (χ0v) is 18.0. The lowest BCUT2D eigenvalue weighted by Crippen LogP contribution is -2.27. The Morgan fingerprint density at radius 1 is 1.09 bits per heavy atom. The molecular weight excluding hydrogens is 416 g/mol. The van der Waals surface area contributed by atoms with E-state index < -0.39 is 11.9 Å². The molecule has 0 saturated carbocycles. The second-order valence-electron chi connectivity index (χ2n) is 6.81. The fourth-order valence-corrected chi connectivity index (χ4v) is 2.84. The lowest BCUT2D eigenvalue weighted by atomic mass is 10.2. The van der Waals surface area contributed by atoms with Crippen molar-refractivity contribution in [3.63, 3.8) is 0 Å². The van der Waals surface area contributed by atoms with E-state index in [0.29, 0.717) is 23.6 Å². The van der Waals surface area contributed by atoms with Gasteiger partial charge in [0.25, 0.3) is 11.8 Å². The molecule has 0 atom stereocenters. The number of hydrogen-bond donors (Lipinski definition) is 2. The minimum Gasteiger partial charge on any atom is -0.486 e. The van der Waals surface area contributed by atoms with Gasteiger partial charge in [0.2, 0.25) is 0 Å². The molecule has 0 aliphatic rings. The van der Waals surface area contributed by atoms with Gasteiger partial charge < -0.3 is 24.5 Å². The van der Waals surface area contributed by atoms with Crippen LogP contribution in [0.15, 0.2) is 47.0 Å². The van der Waals surface area contributed by atoms with Gasteiger partial charge in [0.1, 0.15) is 23.8 Å². The third-order valence-electron chi connectivity index (χ3n) is 4.48. The summed E-state index contributed by atoms with van der Waals surface area (Å²) in [4.78, 5) is 36.4. The second-order valence-corrected chi connectivity index (χ2v) is 6.81. The lowest BCUT2D eigenvalue weighted by Gasteiger charge is -2.07. The molecule has 0 unspecified atom stereocenters. The molecule has 2 amide bonds. The van der Waals surface area contributed by atoms with Crippen LogP contribution in [-0.4, -0.2) is 41.2 Å². The van der Waals surface area contributed by atoms with E-state index in [-0.39, 0.29) is 29.7 Å². The Morgan fingerprint density at radius 2 is 1.84 bits per heavy atom. The number of carbonyl (C=O) groups excluding carboxylic acids is 3. The van der Waals surface area contributed by atoms with Crippen LogP contribution in [0, 0.1) is 0 Å². The van der Waals surface area contributed by atoms with E-state index in [2.05, 4.69) is 20.5 Å². The molecule has 0 fully saturated rings. The molecular formula is C22H24N4O6. The molecule has 2 N–H and O–H groups in total. The molecule has 10 heteroatoms. The van der Waals surface area contributed by atoms with Gasteiger partial charge in [0, 0.05) is 13.6 Å². The Morgan fingerprint density at radius 3 is 2.53 bits per heavy atom. The van der Waals surface area contributed by atoms with Crippen LogP contribution in [-0.2, 0) is 18.4 Å². The minimum atomic E-state index is -0.517. The van der Waals surface area contributed by atoms with Crippen LogP contribution >= 0.6 is 0 Å². The number of anilines is 1. The summed E-state index contributed by atoms with van der Waals surface area (Å²) < 4.78 is 17.2. The molecule has 1 aromatic carbocycles. The number of aromatic nitrogens is 2. The highest BCUT2D eigenvalue weighted by molar-refractivity contribution is 6.07. The van der Waals surface area contributed by atoms with Gasteiger partial charge in [-0.05, 0) is 42.8 Å². The summed E-state index contributed by atoms with van der Waals surface area (Å²) in [5.74, 6) is -0.256. The van der Waals surface area contributed by atoms with Crippen molar-refractivity contribution < 1.29 is 28.3 Å². The first-order valence-electron chi connectivity index (χ1n) is 9.94. The zero-order valence-electron chi connectivity index (χ0n) is 18.0. The van der Waals surface area contributed by atoms with Gasteiger partial charge in [-0.25, -0.2) is 4.79 Å². The number of carbonyl (C=O) groups is 3. The number of nitrogens with zero attached hydrogens (tertiary/aromatic N) is 2. The fraction of sp³-hybridized carbons (Fsp3) is 0.273. The Labute approximate surface area is 184 Å². The first-order valence-corrected chi connectivity index (χ1v) is 9.94. The topological polar surface area (TPSA) is 125 Å². The van der Waals surface area contributed by atoms with Gasteiger partial charge in [-0.1, -0.05) is 6.92 Å². The Hall–Kier alpha value is -4.08. The number of aryl methyl sites for hydroxylation is 1. The molecule has 2 heterocycles. The van der Waals surface area contributed by atoms with Crippen LogP contribution in [0.4, 0.5) is 5.69 Å². The Kier molecular flexibility index (Phi) is 7.27. The van der Waals surface area contributed by atoms with Gasteiger partial charge >= 0.3 is 5.97 Å². The Bertz CT molecular complexity index is 1100. The summed E-state index contributed by atoms with van der Waals surface area (Å²) in [5.41, 5.74) is 0.943. The highest BCUT2D eigenvalue weighted by atomic mass is 16.5. The maximum atomic E-state index is 12.6. The quantitative estimate of drug-likeness (QED) is 0.490. The molecule has 2 aromatic heterocycles. The number of amides is 2. The van der Waals surface area contributed by atoms with Crippen molar-refractivity contribution in [1.29, 1.82) is 0 Å². The van der Waals surface area contributed by atoms with Gasteiger partial charge in [0.15, 0.2) is 5.76 Å². The van der Waals surface area contributed by atoms with Crippen LogP contribution in [0.25, 0.3) is 0 Å². The third-order valence-corrected chi connectivity index (χ3v) is 4.48. The first-order chi connectivity index (χ1) is 15.4. The molecule has 0 aliphatic heterocycles. The van der Waals surface area contributed by atoms with E-state index in [1.165, 1.54) is 24.1 Å². The highest BCUT2D eigenvalue weighted by Gasteiger charge is 2.20. The number of benzene rings is 1. The summed E-state index contributed by atoms with van der Waals surface area (Å²) >= 11 is 0. The molecule has 0 radical (unpaired) electrons. The van der Waals surface area contributed by atoms with Gasteiger partial charge in [0.05, 0.1) is 24.6 Å². The van der Waals surface area contributed by atoms with Crippen molar-refractivity contribution in [1.82, 2.24) is 15.1 Å². The van der Waals surface area contributed by atoms with Crippen molar-refractivity contribution in [3.8, 4) is 5.75 Å². The molecule has 10 nitrogen and oxygen atoms in total. The number of ether oxygens (including phenoxy) is 2. The maximum Gasteiger partial charge on any atom is 0.337 e. The molecule has 0 spiro atoms. The van der Waals surface area contributed by atoms with E-state index in [4.69, 9.17) is 9.15 Å². The Balaban J connectivity index is 1.60. The third kappa shape index (κ3) is 5.34. The SMILES string of the molecule is CCCNC(=O)c1c(NC(=O)c2ccc(COc3ccc(C(=O)OC)cc3)o2)cnn1C. The molecule has 0 saturated heterocycles. The number of methoxy groups -OCH3 is 1. The molecule has 0 aliphatic carbocycles. The number of hydrogen-bond acceptors (Lipinski definition) is 7. The van der Waals surface area contributed by atoms with Crippen LogP contribution in [0.1, 0.15) is 50.5 Å². The molecule has 0 bridgehead atoms. The van der Waals surface area contributed by atoms with Crippen molar-refractivity contribution in [2.24, 2.45) is 7.05 Å². The molecule has 3 aromatic rings. The van der Waals surface area contributed by atoms with Crippen molar-refractivity contribution in [2.45, 2.75) is 20.0 Å². The first kappa shape index (κ1) is 22.6. The predicted octanol–water partition coefficient (Wildman–Crippen LogP) is 2.77. The normalized spacial score (nSPS) is 10.5. The summed E-state index contributed by atoms with van der Waals surface area (Å²) in [6.45, 7) is 2.55. The second kappa shape index (κ2) is 10.3. The van der Waals surface area contributed by atoms with Crippen molar-refractivity contribution in [2.75, 3.05) is 19.0 Å². The lowest BCUT2D eigenvalue weighted by molar-refractivity contribution is 0.0600. The number of nitrogens with one attached hydrogen (secondary N) is 2. The largest absolute Gasteiger partial charge is 0.486 e. The van der Waals surface area contributed by atoms with E-state index in [0.717, 1.165) is 6.42 Å². The van der Waals surface area contributed by atoms with Gasteiger partial charge in [-0.3, -0.25) is 14.3 Å². The van der Waals surface area contributed by atoms with Gasteiger partial charge in [-0.15, -0.1) is 0 Å². The number of furan rings is 1. The highest BCUT2D eigenvalue weighted by Crippen LogP contribution is 2.19. The van der Waals surface area contributed by atoms with Crippen LogP contribution in [0.3, 0.4) is 0 Å². The minimum absolute atomic E-state index is 0.0633.